The van der Waals surface area contributed by atoms with Gasteiger partial charge in [-0.1, -0.05) is 33.8 Å². The Morgan fingerprint density at radius 2 is 1.69 bits per heavy atom. The van der Waals surface area contributed by atoms with E-state index in [4.69, 9.17) is 9.47 Å². The first-order valence-corrected chi connectivity index (χ1v) is 6.09. The van der Waals surface area contributed by atoms with E-state index in [1.165, 1.54) is 11.1 Å². The summed E-state index contributed by atoms with van der Waals surface area (Å²) >= 11 is 0. The first-order chi connectivity index (χ1) is 7.70. The third-order valence-corrected chi connectivity index (χ3v) is 2.62. The second kappa shape index (κ2) is 5.78. The minimum atomic E-state index is 0.533. The summed E-state index contributed by atoms with van der Waals surface area (Å²) in [4.78, 5) is 0. The predicted molar refractivity (Wildman–Crippen MR) is 67.6 cm³/mol. The summed E-state index contributed by atoms with van der Waals surface area (Å²) in [5.41, 5.74) is 2.56. The van der Waals surface area contributed by atoms with Crippen LogP contribution < -0.4 is 9.47 Å². The van der Waals surface area contributed by atoms with Crippen molar-refractivity contribution in [1.82, 2.24) is 0 Å². The summed E-state index contributed by atoms with van der Waals surface area (Å²) in [6.07, 6.45) is 0. The van der Waals surface area contributed by atoms with Gasteiger partial charge in [0.2, 0.25) is 0 Å². The van der Waals surface area contributed by atoms with Crippen molar-refractivity contribution in [2.24, 2.45) is 0 Å². The fraction of sp³-hybridized carbons (Fsp3) is 0.571. The smallest absolute Gasteiger partial charge is 0.164 e. The van der Waals surface area contributed by atoms with Crippen molar-refractivity contribution >= 4 is 0 Å². The Morgan fingerprint density at radius 3 is 2.31 bits per heavy atom. The molecular weight excluding hydrogens is 200 g/mol. The van der Waals surface area contributed by atoms with Crippen molar-refractivity contribution in [3.8, 4) is 11.5 Å². The predicted octanol–water partition coefficient (Wildman–Crippen LogP) is 3.92. The van der Waals surface area contributed by atoms with Gasteiger partial charge >= 0.3 is 0 Å². The molecule has 0 unspecified atom stereocenters. The Balaban J connectivity index is 0.000000606. The highest BCUT2D eigenvalue weighted by Gasteiger charge is 2.17. The molecule has 0 aromatic heterocycles. The summed E-state index contributed by atoms with van der Waals surface area (Å²) in [6, 6.07) is 4.14. The minimum absolute atomic E-state index is 0.533. The largest absolute Gasteiger partial charge is 0.486 e. The van der Waals surface area contributed by atoms with Crippen LogP contribution in [-0.4, -0.2) is 13.2 Å². The Morgan fingerprint density at radius 1 is 1.06 bits per heavy atom. The Hall–Kier alpha value is -1.18. The molecule has 16 heavy (non-hydrogen) atoms. The highest BCUT2D eigenvalue weighted by atomic mass is 16.6. The molecule has 2 rings (SSSR count). The van der Waals surface area contributed by atoms with Crippen molar-refractivity contribution in [3.63, 3.8) is 0 Å². The molecular formula is C14H22O2. The molecule has 0 saturated heterocycles. The van der Waals surface area contributed by atoms with Gasteiger partial charge in [0.1, 0.15) is 13.2 Å². The molecule has 1 aromatic carbocycles. The minimum Gasteiger partial charge on any atom is -0.486 e. The topological polar surface area (TPSA) is 18.5 Å². The van der Waals surface area contributed by atoms with Gasteiger partial charge in [0.25, 0.3) is 0 Å². The van der Waals surface area contributed by atoms with E-state index in [1.807, 2.05) is 19.9 Å². The number of hydrogen-bond acceptors (Lipinski definition) is 2. The molecule has 0 radical (unpaired) electrons. The van der Waals surface area contributed by atoms with Gasteiger partial charge in [-0.25, -0.2) is 0 Å². The molecule has 0 N–H and O–H groups in total. The van der Waals surface area contributed by atoms with Crippen LogP contribution in [0.5, 0.6) is 11.5 Å². The van der Waals surface area contributed by atoms with E-state index in [2.05, 4.69) is 26.8 Å². The molecule has 2 heteroatoms. The maximum Gasteiger partial charge on any atom is 0.164 e. The fourth-order valence-corrected chi connectivity index (χ4v) is 1.90. The molecule has 2 nitrogen and oxygen atoms in total. The van der Waals surface area contributed by atoms with Crippen LogP contribution in [-0.2, 0) is 0 Å². The summed E-state index contributed by atoms with van der Waals surface area (Å²) in [5.74, 6) is 2.35. The van der Waals surface area contributed by atoms with Crippen LogP contribution in [0, 0.1) is 6.92 Å². The monoisotopic (exact) mass is 222 g/mol. The average Bonchev–Trinajstić information content (AvgIpc) is 2.32. The van der Waals surface area contributed by atoms with Crippen LogP contribution in [0.4, 0.5) is 0 Å². The first kappa shape index (κ1) is 12.9. The van der Waals surface area contributed by atoms with Crippen LogP contribution in [0.2, 0.25) is 0 Å². The van der Waals surface area contributed by atoms with E-state index in [-0.39, 0.29) is 0 Å². The number of ether oxygens (including phenoxy) is 2. The second-order valence-corrected chi connectivity index (χ2v) is 3.96. The van der Waals surface area contributed by atoms with Gasteiger partial charge in [-0.05, 0) is 30.0 Å². The maximum atomic E-state index is 5.62. The quantitative estimate of drug-likeness (QED) is 0.717. The molecule has 0 saturated carbocycles. The standard InChI is InChI=1S/C12H16O2.C2H6/c1-8(2)10-4-5-11-12(9(10)3)14-7-6-13-11;1-2/h4-5,8H,6-7H2,1-3H3;1-2H3. The van der Waals surface area contributed by atoms with Crippen molar-refractivity contribution in [2.75, 3.05) is 13.2 Å². The first-order valence-electron chi connectivity index (χ1n) is 6.09. The summed E-state index contributed by atoms with van der Waals surface area (Å²) < 4.78 is 11.1. The van der Waals surface area contributed by atoms with Crippen LogP contribution in [0.25, 0.3) is 0 Å². The zero-order chi connectivity index (χ0) is 12.1. The Labute approximate surface area is 98.6 Å². The van der Waals surface area contributed by atoms with Gasteiger partial charge in [-0.3, -0.25) is 0 Å². The average molecular weight is 222 g/mol. The van der Waals surface area contributed by atoms with Crippen molar-refractivity contribution in [1.29, 1.82) is 0 Å². The van der Waals surface area contributed by atoms with Gasteiger partial charge in [-0.15, -0.1) is 0 Å². The molecule has 0 fully saturated rings. The normalized spacial score (nSPS) is 13.1. The fourth-order valence-electron chi connectivity index (χ4n) is 1.90. The number of benzene rings is 1. The van der Waals surface area contributed by atoms with E-state index in [0.29, 0.717) is 19.1 Å². The molecule has 1 aliphatic rings. The zero-order valence-corrected chi connectivity index (χ0v) is 11.0. The number of fused-ring (bicyclic) bond motifs is 1. The van der Waals surface area contributed by atoms with E-state index < -0.39 is 0 Å². The van der Waals surface area contributed by atoms with Crippen molar-refractivity contribution < 1.29 is 9.47 Å². The molecule has 1 aliphatic heterocycles. The molecule has 0 spiro atoms. The Kier molecular flexibility index (Phi) is 4.66. The highest BCUT2D eigenvalue weighted by Crippen LogP contribution is 2.37. The molecule has 0 amide bonds. The van der Waals surface area contributed by atoms with E-state index in [9.17, 15) is 0 Å². The van der Waals surface area contributed by atoms with Gasteiger partial charge in [0.15, 0.2) is 11.5 Å². The van der Waals surface area contributed by atoms with Gasteiger partial charge < -0.3 is 9.47 Å². The molecule has 1 aromatic rings. The van der Waals surface area contributed by atoms with Gasteiger partial charge in [0, 0.05) is 0 Å². The lowest BCUT2D eigenvalue weighted by molar-refractivity contribution is 0.170. The van der Waals surface area contributed by atoms with Crippen molar-refractivity contribution in [3.05, 3.63) is 23.3 Å². The van der Waals surface area contributed by atoms with Gasteiger partial charge in [-0.2, -0.15) is 0 Å². The highest BCUT2D eigenvalue weighted by molar-refractivity contribution is 5.51. The number of rotatable bonds is 1. The van der Waals surface area contributed by atoms with Crippen molar-refractivity contribution in [2.45, 2.75) is 40.5 Å². The SMILES string of the molecule is CC.Cc1c(C(C)C)ccc2c1OCCO2. The van der Waals surface area contributed by atoms with Crippen LogP contribution in [0.1, 0.15) is 44.7 Å². The molecule has 0 bridgehead atoms. The van der Waals surface area contributed by atoms with Gasteiger partial charge in [0.05, 0.1) is 0 Å². The third kappa shape index (κ3) is 2.49. The molecule has 0 aliphatic carbocycles. The Bertz CT molecular complexity index is 343. The number of hydrogen-bond donors (Lipinski definition) is 0. The van der Waals surface area contributed by atoms with E-state index in [1.54, 1.807) is 0 Å². The lowest BCUT2D eigenvalue weighted by Crippen LogP contribution is -2.16. The van der Waals surface area contributed by atoms with Crippen LogP contribution in [0.15, 0.2) is 12.1 Å². The summed E-state index contributed by atoms with van der Waals surface area (Å²) in [6.45, 7) is 11.8. The van der Waals surface area contributed by atoms with E-state index in [0.717, 1.165) is 11.5 Å². The second-order valence-electron chi connectivity index (χ2n) is 3.96. The van der Waals surface area contributed by atoms with Crippen LogP contribution in [0.3, 0.4) is 0 Å². The lowest BCUT2D eigenvalue weighted by atomic mass is 9.97. The summed E-state index contributed by atoms with van der Waals surface area (Å²) in [5, 5.41) is 0. The lowest BCUT2D eigenvalue weighted by Gasteiger charge is -2.22. The zero-order valence-electron chi connectivity index (χ0n) is 11.0. The molecule has 1 heterocycles. The van der Waals surface area contributed by atoms with E-state index >= 15 is 0 Å². The molecule has 0 atom stereocenters. The van der Waals surface area contributed by atoms with Crippen LogP contribution >= 0.6 is 0 Å². The summed E-state index contributed by atoms with van der Waals surface area (Å²) in [7, 11) is 0. The molecule has 90 valence electrons. The third-order valence-electron chi connectivity index (χ3n) is 2.62. The maximum absolute atomic E-state index is 5.62.